The van der Waals surface area contributed by atoms with Crippen molar-refractivity contribution in [1.82, 2.24) is 4.40 Å². The molecule has 0 aliphatic rings. The van der Waals surface area contributed by atoms with Crippen LogP contribution in [0.3, 0.4) is 0 Å². The summed E-state index contributed by atoms with van der Waals surface area (Å²) in [4.78, 5) is 37.0. The number of ketones is 1. The van der Waals surface area contributed by atoms with Gasteiger partial charge in [-0.3, -0.25) is 14.4 Å². The summed E-state index contributed by atoms with van der Waals surface area (Å²) in [7, 11) is 0. The normalized spacial score (nSPS) is 10.6. The lowest BCUT2D eigenvalue weighted by atomic mass is 10.0. The van der Waals surface area contributed by atoms with Gasteiger partial charge in [-0.25, -0.2) is 4.39 Å². The average Bonchev–Trinajstić information content (AvgIpc) is 3.14. The van der Waals surface area contributed by atoms with Crippen molar-refractivity contribution in [1.29, 1.82) is 0 Å². The van der Waals surface area contributed by atoms with E-state index in [1.54, 1.807) is 59.1 Å². The number of aromatic nitrogens is 1. The van der Waals surface area contributed by atoms with Crippen LogP contribution in [0.5, 0.6) is 0 Å². The predicted octanol–water partition coefficient (Wildman–Crippen LogP) is 4.53. The maximum atomic E-state index is 13.4. The highest BCUT2D eigenvalue weighted by molar-refractivity contribution is 6.47. The summed E-state index contributed by atoms with van der Waals surface area (Å²) in [5.74, 6) is -2.13. The van der Waals surface area contributed by atoms with Gasteiger partial charge in [0, 0.05) is 35.6 Å². The molecule has 2 aromatic heterocycles. The molecule has 6 nitrogen and oxygen atoms in total. The van der Waals surface area contributed by atoms with Crippen LogP contribution in [0, 0.1) is 5.82 Å². The van der Waals surface area contributed by atoms with Gasteiger partial charge in [-0.2, -0.15) is 0 Å². The molecule has 0 bridgehead atoms. The minimum absolute atomic E-state index is 0.189. The molecule has 0 atom stereocenters. The van der Waals surface area contributed by atoms with Gasteiger partial charge in [0.25, 0.3) is 11.7 Å². The molecule has 0 unspecified atom stereocenters. The van der Waals surface area contributed by atoms with Gasteiger partial charge in [0.15, 0.2) is 0 Å². The molecule has 2 N–H and O–H groups in total. The topological polar surface area (TPSA) is 79.7 Å². The minimum atomic E-state index is -0.806. The second kappa shape index (κ2) is 8.23. The van der Waals surface area contributed by atoms with Crippen LogP contribution < -0.4 is 10.6 Å². The van der Waals surface area contributed by atoms with Gasteiger partial charge in [0.1, 0.15) is 11.5 Å². The zero-order valence-electron chi connectivity index (χ0n) is 16.6. The summed E-state index contributed by atoms with van der Waals surface area (Å²) in [6.07, 6.45) is 1.70. The summed E-state index contributed by atoms with van der Waals surface area (Å²) in [6, 6.07) is 19.4. The summed E-state index contributed by atoms with van der Waals surface area (Å²) in [6.45, 7) is 1.40. The Bertz CT molecular complexity index is 1290. The van der Waals surface area contributed by atoms with Crippen LogP contribution in [0.1, 0.15) is 17.4 Å². The lowest BCUT2D eigenvalue weighted by molar-refractivity contribution is -0.114. The number of pyridine rings is 1. The van der Waals surface area contributed by atoms with E-state index in [4.69, 9.17) is 0 Å². The number of hydrogen-bond donors (Lipinski definition) is 2. The Balaban J connectivity index is 1.66. The van der Waals surface area contributed by atoms with Crippen molar-refractivity contribution in [3.05, 3.63) is 90.5 Å². The van der Waals surface area contributed by atoms with Gasteiger partial charge in [-0.05, 0) is 60.2 Å². The third-order valence-electron chi connectivity index (χ3n) is 4.72. The van der Waals surface area contributed by atoms with E-state index in [0.29, 0.717) is 22.5 Å². The van der Waals surface area contributed by atoms with E-state index in [2.05, 4.69) is 10.6 Å². The van der Waals surface area contributed by atoms with E-state index in [1.165, 1.54) is 19.1 Å². The first kappa shape index (κ1) is 20.0. The number of anilines is 2. The monoisotopic (exact) mass is 415 g/mol. The molecule has 0 saturated carbocycles. The molecule has 0 spiro atoms. The number of carbonyl (C=O) groups excluding carboxylic acids is 3. The highest BCUT2D eigenvalue weighted by Crippen LogP contribution is 2.29. The number of nitrogens with zero attached hydrogens (tertiary/aromatic N) is 1. The molecule has 0 aliphatic heterocycles. The van der Waals surface area contributed by atoms with Crippen LogP contribution in [-0.4, -0.2) is 22.0 Å². The summed E-state index contributed by atoms with van der Waals surface area (Å²) >= 11 is 0. The molecule has 0 radical (unpaired) electrons. The van der Waals surface area contributed by atoms with Crippen molar-refractivity contribution in [2.24, 2.45) is 0 Å². The van der Waals surface area contributed by atoms with Crippen molar-refractivity contribution >= 4 is 34.5 Å². The number of amides is 2. The number of Topliss-reactive ketones (excluding diaryl/α,β-unsaturated/α-hetero) is 1. The maximum absolute atomic E-state index is 13.4. The van der Waals surface area contributed by atoms with E-state index in [-0.39, 0.29) is 17.4 Å². The first-order valence-corrected chi connectivity index (χ1v) is 9.52. The summed E-state index contributed by atoms with van der Waals surface area (Å²) in [5, 5.41) is 5.22. The maximum Gasteiger partial charge on any atom is 0.298 e. The van der Waals surface area contributed by atoms with Gasteiger partial charge >= 0.3 is 0 Å². The largest absolute Gasteiger partial charge is 0.326 e. The van der Waals surface area contributed by atoms with Crippen LogP contribution in [0.2, 0.25) is 0 Å². The standard InChI is InChI=1S/C24H18FN3O3/c1-15(29)26-18-9-11-19(12-10-18)27-24(31)23(30)22-21(16-5-7-17(25)8-6-16)14-20-4-2-3-13-28(20)22/h2-14H,1H3,(H,26,29)(H,27,31). The zero-order chi connectivity index (χ0) is 22.0. The fourth-order valence-corrected chi connectivity index (χ4v) is 3.34. The second-order valence-electron chi connectivity index (χ2n) is 6.95. The molecule has 2 aromatic carbocycles. The summed E-state index contributed by atoms with van der Waals surface area (Å²) in [5.41, 5.74) is 3.07. The molecule has 0 saturated heterocycles. The molecule has 2 amide bonds. The smallest absolute Gasteiger partial charge is 0.298 e. The van der Waals surface area contributed by atoms with E-state index in [1.807, 2.05) is 12.1 Å². The molecule has 7 heteroatoms. The Labute approximate surface area is 177 Å². The van der Waals surface area contributed by atoms with E-state index in [0.717, 1.165) is 5.52 Å². The quantitative estimate of drug-likeness (QED) is 0.371. The molecule has 0 aliphatic carbocycles. The fraction of sp³-hybridized carbons (Fsp3) is 0.0417. The van der Waals surface area contributed by atoms with Crippen molar-refractivity contribution in [3.63, 3.8) is 0 Å². The van der Waals surface area contributed by atoms with E-state index >= 15 is 0 Å². The van der Waals surface area contributed by atoms with Gasteiger partial charge in [0.05, 0.1) is 0 Å². The first-order chi connectivity index (χ1) is 14.9. The van der Waals surface area contributed by atoms with Crippen molar-refractivity contribution < 1.29 is 18.8 Å². The van der Waals surface area contributed by atoms with Gasteiger partial charge in [0.2, 0.25) is 5.91 Å². The zero-order valence-corrected chi connectivity index (χ0v) is 16.6. The number of carbonyl (C=O) groups is 3. The number of hydrogen-bond acceptors (Lipinski definition) is 3. The predicted molar refractivity (Wildman–Crippen MR) is 116 cm³/mol. The molecule has 2 heterocycles. The molecular formula is C24H18FN3O3. The average molecular weight is 415 g/mol. The summed E-state index contributed by atoms with van der Waals surface area (Å²) < 4.78 is 15.0. The highest BCUT2D eigenvalue weighted by atomic mass is 19.1. The van der Waals surface area contributed by atoms with Gasteiger partial charge in [-0.1, -0.05) is 18.2 Å². The fourth-order valence-electron chi connectivity index (χ4n) is 3.34. The SMILES string of the molecule is CC(=O)Nc1ccc(NC(=O)C(=O)c2c(-c3ccc(F)cc3)cc3ccccn23)cc1. The number of nitrogens with one attached hydrogen (secondary N) is 2. The molecule has 31 heavy (non-hydrogen) atoms. The van der Waals surface area contributed by atoms with Gasteiger partial charge < -0.3 is 15.0 Å². The van der Waals surface area contributed by atoms with Crippen molar-refractivity contribution in [2.45, 2.75) is 6.92 Å². The van der Waals surface area contributed by atoms with E-state index < -0.39 is 11.7 Å². The number of fused-ring (bicyclic) bond motifs is 1. The van der Waals surface area contributed by atoms with Crippen molar-refractivity contribution in [2.75, 3.05) is 10.6 Å². The molecule has 4 rings (SSSR count). The van der Waals surface area contributed by atoms with Crippen LogP contribution in [0.4, 0.5) is 15.8 Å². The second-order valence-corrected chi connectivity index (χ2v) is 6.95. The molecule has 0 fully saturated rings. The van der Waals surface area contributed by atoms with Gasteiger partial charge in [-0.15, -0.1) is 0 Å². The number of rotatable bonds is 5. The van der Waals surface area contributed by atoms with Crippen LogP contribution in [-0.2, 0) is 9.59 Å². The first-order valence-electron chi connectivity index (χ1n) is 9.52. The van der Waals surface area contributed by atoms with E-state index in [9.17, 15) is 18.8 Å². The molecular weight excluding hydrogens is 397 g/mol. The van der Waals surface area contributed by atoms with Crippen LogP contribution in [0.15, 0.2) is 79.0 Å². The highest BCUT2D eigenvalue weighted by Gasteiger charge is 2.24. The Hall–Kier alpha value is -4.26. The lowest BCUT2D eigenvalue weighted by Crippen LogP contribution is -2.24. The Kier molecular flexibility index (Phi) is 5.32. The number of benzene rings is 2. The lowest BCUT2D eigenvalue weighted by Gasteiger charge is -2.09. The van der Waals surface area contributed by atoms with Crippen LogP contribution in [0.25, 0.3) is 16.6 Å². The molecule has 154 valence electrons. The third-order valence-corrected chi connectivity index (χ3v) is 4.72. The Morgan fingerprint density at radius 1 is 0.839 bits per heavy atom. The third kappa shape index (κ3) is 4.20. The molecule has 4 aromatic rings. The van der Waals surface area contributed by atoms with Crippen molar-refractivity contribution in [3.8, 4) is 11.1 Å². The Morgan fingerprint density at radius 3 is 2.13 bits per heavy atom. The van der Waals surface area contributed by atoms with Crippen LogP contribution >= 0.6 is 0 Å². The number of halogens is 1. The minimum Gasteiger partial charge on any atom is -0.326 e. The Morgan fingerprint density at radius 2 is 1.48 bits per heavy atom.